The van der Waals surface area contributed by atoms with Gasteiger partial charge >= 0.3 is 0 Å². The van der Waals surface area contributed by atoms with Crippen LogP contribution in [0.15, 0.2) is 71.9 Å². The van der Waals surface area contributed by atoms with E-state index in [2.05, 4.69) is 30.3 Å². The summed E-state index contributed by atoms with van der Waals surface area (Å²) in [5.41, 5.74) is 3.62. The van der Waals surface area contributed by atoms with Crippen molar-refractivity contribution < 1.29 is 12.8 Å². The number of hydrogen-bond acceptors (Lipinski definition) is 6. The van der Waals surface area contributed by atoms with Crippen LogP contribution >= 0.6 is 0 Å². The molecule has 0 aliphatic rings. The van der Waals surface area contributed by atoms with Crippen molar-refractivity contribution in [3.05, 3.63) is 78.4 Å². The van der Waals surface area contributed by atoms with Gasteiger partial charge in [0.25, 0.3) is 10.0 Å². The molecule has 0 amide bonds. The minimum atomic E-state index is -4.00. The van der Waals surface area contributed by atoms with E-state index in [1.165, 1.54) is 6.07 Å². The highest BCUT2D eigenvalue weighted by molar-refractivity contribution is 7.92. The molecule has 11 heteroatoms. The quantitative estimate of drug-likeness (QED) is 0.424. The van der Waals surface area contributed by atoms with Gasteiger partial charge in [-0.15, -0.1) is 10.2 Å². The first-order chi connectivity index (χ1) is 15.4. The van der Waals surface area contributed by atoms with E-state index in [1.54, 1.807) is 18.2 Å². The maximum Gasteiger partial charge on any atom is 0.261 e. The van der Waals surface area contributed by atoms with Gasteiger partial charge in [0.15, 0.2) is 0 Å². The summed E-state index contributed by atoms with van der Waals surface area (Å²) in [6, 6.07) is 14.2. The number of fused-ring (bicyclic) bond motifs is 1. The van der Waals surface area contributed by atoms with Crippen molar-refractivity contribution in [3.63, 3.8) is 0 Å². The number of pyridine rings is 1. The van der Waals surface area contributed by atoms with Gasteiger partial charge in [0.2, 0.25) is 5.82 Å². The zero-order valence-electron chi connectivity index (χ0n) is 16.7. The van der Waals surface area contributed by atoms with Crippen LogP contribution < -0.4 is 4.72 Å². The number of nitrogens with one attached hydrogen (secondary N) is 2. The van der Waals surface area contributed by atoms with Crippen molar-refractivity contribution >= 4 is 21.4 Å². The predicted octanol–water partition coefficient (Wildman–Crippen LogP) is 3.43. The van der Waals surface area contributed by atoms with Crippen molar-refractivity contribution in [2.45, 2.75) is 11.8 Å². The van der Waals surface area contributed by atoms with Crippen molar-refractivity contribution in [2.24, 2.45) is 0 Å². The fraction of sp³-hybridized carbons (Fsp3) is 0.0476. The minimum absolute atomic E-state index is 0.0383. The first kappa shape index (κ1) is 19.8. The van der Waals surface area contributed by atoms with E-state index in [9.17, 15) is 12.8 Å². The van der Waals surface area contributed by atoms with Crippen LogP contribution in [-0.4, -0.2) is 38.4 Å². The van der Waals surface area contributed by atoms with Crippen molar-refractivity contribution in [1.82, 2.24) is 30.0 Å². The molecule has 0 radical (unpaired) electrons. The van der Waals surface area contributed by atoms with E-state index in [0.717, 1.165) is 28.9 Å². The number of rotatable bonds is 5. The third-order valence-electron chi connectivity index (χ3n) is 4.86. The number of benzene rings is 2. The summed E-state index contributed by atoms with van der Waals surface area (Å²) in [5.74, 6) is -0.696. The number of imidazole rings is 1. The smallest absolute Gasteiger partial charge is 0.261 e. The summed E-state index contributed by atoms with van der Waals surface area (Å²) in [6.07, 6.45) is 3.79. The van der Waals surface area contributed by atoms with Crippen LogP contribution in [0, 0.1) is 12.7 Å². The van der Waals surface area contributed by atoms with Gasteiger partial charge in [0.1, 0.15) is 11.5 Å². The largest absolute Gasteiger partial charge is 0.306 e. The summed E-state index contributed by atoms with van der Waals surface area (Å²) in [4.78, 5) is 4.48. The van der Waals surface area contributed by atoms with E-state index in [0.29, 0.717) is 11.4 Å². The van der Waals surface area contributed by atoms with Crippen LogP contribution in [0.5, 0.6) is 0 Å². The molecule has 9 nitrogen and oxygen atoms in total. The second-order valence-electron chi connectivity index (χ2n) is 7.16. The predicted molar refractivity (Wildman–Crippen MR) is 116 cm³/mol. The molecular weight excluding hydrogens is 433 g/mol. The monoisotopic (exact) mass is 449 g/mol. The molecule has 3 aromatic heterocycles. The Morgan fingerprint density at radius 3 is 2.78 bits per heavy atom. The lowest BCUT2D eigenvalue weighted by atomic mass is 10.1. The van der Waals surface area contributed by atoms with Gasteiger partial charge in [0.05, 0.1) is 16.2 Å². The Hall–Kier alpha value is -4.12. The van der Waals surface area contributed by atoms with Crippen LogP contribution in [0.3, 0.4) is 0 Å². The molecular formula is C21H16FN7O2S. The number of halogens is 1. The Morgan fingerprint density at radius 1 is 1.09 bits per heavy atom. The summed E-state index contributed by atoms with van der Waals surface area (Å²) in [7, 11) is -4.00. The van der Waals surface area contributed by atoms with Gasteiger partial charge < -0.3 is 4.40 Å². The molecule has 0 saturated heterocycles. The summed E-state index contributed by atoms with van der Waals surface area (Å²) in [5, 5.41) is 13.0. The van der Waals surface area contributed by atoms with Crippen molar-refractivity contribution in [1.29, 1.82) is 0 Å². The minimum Gasteiger partial charge on any atom is -0.306 e. The van der Waals surface area contributed by atoms with Crippen molar-refractivity contribution in [3.8, 4) is 22.6 Å². The number of tetrazole rings is 1. The maximum absolute atomic E-state index is 14.2. The van der Waals surface area contributed by atoms with E-state index >= 15 is 0 Å². The molecule has 0 atom stereocenters. The van der Waals surface area contributed by atoms with Crippen LogP contribution in [0.1, 0.15) is 5.56 Å². The highest BCUT2D eigenvalue weighted by Crippen LogP contribution is 2.26. The zero-order chi connectivity index (χ0) is 22.3. The van der Waals surface area contributed by atoms with Gasteiger partial charge in [-0.1, -0.05) is 12.1 Å². The number of sulfonamides is 1. The van der Waals surface area contributed by atoms with Crippen LogP contribution in [-0.2, 0) is 10.0 Å². The fourth-order valence-electron chi connectivity index (χ4n) is 3.30. The molecule has 32 heavy (non-hydrogen) atoms. The Morgan fingerprint density at radius 2 is 1.97 bits per heavy atom. The first-order valence-electron chi connectivity index (χ1n) is 9.51. The maximum atomic E-state index is 14.2. The number of H-pyrrole nitrogens is 1. The van der Waals surface area contributed by atoms with Crippen molar-refractivity contribution in [2.75, 3.05) is 4.72 Å². The highest BCUT2D eigenvalue weighted by atomic mass is 32.2. The molecule has 0 bridgehead atoms. The molecule has 0 fully saturated rings. The molecule has 3 heterocycles. The molecule has 160 valence electrons. The van der Waals surface area contributed by atoms with E-state index in [4.69, 9.17) is 0 Å². The molecule has 0 spiro atoms. The third kappa shape index (κ3) is 3.69. The topological polar surface area (TPSA) is 118 Å². The Balaban J connectivity index is 1.47. The number of nitrogens with zero attached hydrogens (tertiary/aromatic N) is 5. The molecule has 5 rings (SSSR count). The second-order valence-corrected chi connectivity index (χ2v) is 8.84. The summed E-state index contributed by atoms with van der Waals surface area (Å²) >= 11 is 0. The lowest BCUT2D eigenvalue weighted by molar-refractivity contribution is 0.600. The summed E-state index contributed by atoms with van der Waals surface area (Å²) < 4.78 is 44.5. The molecule has 0 aliphatic carbocycles. The summed E-state index contributed by atoms with van der Waals surface area (Å²) in [6.45, 7) is 1.99. The first-order valence-corrected chi connectivity index (χ1v) is 11.0. The van der Waals surface area contributed by atoms with Crippen LogP contribution in [0.2, 0.25) is 0 Å². The van der Waals surface area contributed by atoms with E-state index in [1.807, 2.05) is 41.9 Å². The Kier molecular flexibility index (Phi) is 4.67. The van der Waals surface area contributed by atoms with Gasteiger partial charge in [-0.3, -0.25) is 4.72 Å². The van der Waals surface area contributed by atoms with Crippen LogP contribution in [0.25, 0.3) is 28.3 Å². The molecule has 2 aromatic carbocycles. The number of hydrogen-bond donors (Lipinski definition) is 2. The highest BCUT2D eigenvalue weighted by Gasteiger charge is 2.19. The molecule has 0 unspecified atom stereocenters. The number of aromatic amines is 1. The number of anilines is 1. The molecule has 0 saturated carbocycles. The fourth-order valence-corrected chi connectivity index (χ4v) is 4.37. The Labute approximate surface area is 182 Å². The number of aryl methyl sites for hydroxylation is 1. The normalized spacial score (nSPS) is 11.7. The third-order valence-corrected chi connectivity index (χ3v) is 6.24. The van der Waals surface area contributed by atoms with Gasteiger partial charge in [-0.05, 0) is 60.2 Å². The zero-order valence-corrected chi connectivity index (χ0v) is 17.5. The molecule has 5 aromatic rings. The number of aromatic nitrogens is 6. The lowest BCUT2D eigenvalue weighted by Gasteiger charge is -2.10. The van der Waals surface area contributed by atoms with Crippen LogP contribution in [0.4, 0.5) is 10.1 Å². The van der Waals surface area contributed by atoms with E-state index < -0.39 is 15.8 Å². The second kappa shape index (κ2) is 7.54. The molecule has 0 aliphatic heterocycles. The van der Waals surface area contributed by atoms with E-state index in [-0.39, 0.29) is 16.3 Å². The molecule has 2 N–H and O–H groups in total. The van der Waals surface area contributed by atoms with Gasteiger partial charge in [-0.25, -0.2) is 17.8 Å². The van der Waals surface area contributed by atoms with Gasteiger partial charge in [-0.2, -0.15) is 5.21 Å². The SMILES string of the molecule is Cc1ccn2cc(-c3cccc(NS(=O)(=O)c4ccc(F)c(-c5nn[nH]n5)c4)c3)nc2c1. The average molecular weight is 449 g/mol. The standard InChI is InChI=1S/C21H16FN7O2S/c1-13-7-8-29-12-19(23-20(29)9-13)14-3-2-4-15(10-14)26-32(30,31)16-5-6-18(22)17(11-16)21-24-27-28-25-21/h2-12,26H,1H3,(H,24,25,27,28). The Bertz CT molecular complexity index is 1550. The lowest BCUT2D eigenvalue weighted by Crippen LogP contribution is -2.13. The average Bonchev–Trinajstić information content (AvgIpc) is 3.43. The van der Waals surface area contributed by atoms with Gasteiger partial charge in [0, 0.05) is 23.6 Å².